The number of ether oxygens (including phenoxy) is 1. The molecule has 0 saturated carbocycles. The lowest BCUT2D eigenvalue weighted by Crippen LogP contribution is -1.97. The van der Waals surface area contributed by atoms with Crippen LogP contribution in [0.3, 0.4) is 0 Å². The summed E-state index contributed by atoms with van der Waals surface area (Å²) in [5.74, 6) is 1.50. The van der Waals surface area contributed by atoms with Crippen LogP contribution in [0.4, 0.5) is 5.69 Å². The Labute approximate surface area is 145 Å². The molecule has 0 aliphatic heterocycles. The second kappa shape index (κ2) is 7.66. The van der Waals surface area contributed by atoms with Crippen LogP contribution in [0.2, 0.25) is 5.02 Å². The van der Waals surface area contributed by atoms with E-state index in [1.807, 2.05) is 60.8 Å². The van der Waals surface area contributed by atoms with Crippen LogP contribution in [-0.2, 0) is 6.54 Å². The van der Waals surface area contributed by atoms with E-state index in [1.54, 1.807) is 18.1 Å². The molecule has 3 aromatic rings. The van der Waals surface area contributed by atoms with Crippen molar-refractivity contribution in [1.29, 1.82) is 0 Å². The summed E-state index contributed by atoms with van der Waals surface area (Å²) < 4.78 is 6.89. The Bertz CT molecular complexity index is 827. The standard InChI is InChI=1S/C18H17ClN4O/c1-24-17-8-6-16(7-9-17)20-10-3-11-23-13-21-18(22-23)14-4-2-5-15(19)12-14/h2-10,12-13,20H,11H2,1H3/b10-3+. The van der Waals surface area contributed by atoms with Crippen LogP contribution >= 0.6 is 11.6 Å². The smallest absolute Gasteiger partial charge is 0.181 e. The predicted molar refractivity (Wildman–Crippen MR) is 96.2 cm³/mol. The lowest BCUT2D eigenvalue weighted by molar-refractivity contribution is 0.415. The van der Waals surface area contributed by atoms with E-state index in [0.717, 1.165) is 17.0 Å². The molecule has 0 fully saturated rings. The molecule has 122 valence electrons. The molecule has 6 heteroatoms. The van der Waals surface area contributed by atoms with Gasteiger partial charge in [-0.2, -0.15) is 5.10 Å². The van der Waals surface area contributed by atoms with Gasteiger partial charge < -0.3 is 10.1 Å². The number of benzene rings is 2. The summed E-state index contributed by atoms with van der Waals surface area (Å²) in [4.78, 5) is 4.31. The minimum Gasteiger partial charge on any atom is -0.497 e. The summed E-state index contributed by atoms with van der Waals surface area (Å²) in [6, 6.07) is 15.2. The lowest BCUT2D eigenvalue weighted by Gasteiger charge is -2.02. The van der Waals surface area contributed by atoms with Crippen LogP contribution in [0.1, 0.15) is 0 Å². The first-order valence-electron chi connectivity index (χ1n) is 7.45. The molecule has 0 spiro atoms. The van der Waals surface area contributed by atoms with Gasteiger partial charge in [0.25, 0.3) is 0 Å². The van der Waals surface area contributed by atoms with Gasteiger partial charge in [0.05, 0.1) is 13.7 Å². The summed E-state index contributed by atoms with van der Waals surface area (Å²) in [5, 5.41) is 8.31. The fourth-order valence-corrected chi connectivity index (χ4v) is 2.34. The van der Waals surface area contributed by atoms with Gasteiger partial charge in [0.2, 0.25) is 0 Å². The average Bonchev–Trinajstić information content (AvgIpc) is 3.08. The zero-order valence-corrected chi connectivity index (χ0v) is 13.9. The van der Waals surface area contributed by atoms with Crippen molar-refractivity contribution >= 4 is 17.3 Å². The molecule has 1 aromatic heterocycles. The minimum absolute atomic E-state index is 0.622. The van der Waals surface area contributed by atoms with Gasteiger partial charge in [0, 0.05) is 16.3 Å². The number of methoxy groups -OCH3 is 1. The Kier molecular flexibility index (Phi) is 5.13. The van der Waals surface area contributed by atoms with Crippen LogP contribution in [0.5, 0.6) is 5.75 Å². The molecule has 0 bridgehead atoms. The highest BCUT2D eigenvalue weighted by molar-refractivity contribution is 6.30. The van der Waals surface area contributed by atoms with E-state index in [1.165, 1.54) is 0 Å². The van der Waals surface area contributed by atoms with Crippen LogP contribution < -0.4 is 10.1 Å². The SMILES string of the molecule is COc1ccc(N/C=C/Cn2cnc(-c3cccc(Cl)c3)n2)cc1. The van der Waals surface area contributed by atoms with Gasteiger partial charge in [-0.15, -0.1) is 0 Å². The molecule has 1 N–H and O–H groups in total. The van der Waals surface area contributed by atoms with E-state index < -0.39 is 0 Å². The van der Waals surface area contributed by atoms with Crippen LogP contribution in [0, 0.1) is 0 Å². The first kappa shape index (κ1) is 16.1. The van der Waals surface area contributed by atoms with Crippen LogP contribution in [0.15, 0.2) is 67.1 Å². The van der Waals surface area contributed by atoms with E-state index in [9.17, 15) is 0 Å². The Hall–Kier alpha value is -2.79. The maximum absolute atomic E-state index is 5.99. The quantitative estimate of drug-likeness (QED) is 0.729. The van der Waals surface area contributed by atoms with Gasteiger partial charge in [-0.3, -0.25) is 0 Å². The highest BCUT2D eigenvalue weighted by Gasteiger charge is 2.03. The van der Waals surface area contributed by atoms with Crippen LogP contribution in [-0.4, -0.2) is 21.9 Å². The van der Waals surface area contributed by atoms with Crippen molar-refractivity contribution in [2.45, 2.75) is 6.54 Å². The fourth-order valence-electron chi connectivity index (χ4n) is 2.15. The number of rotatable bonds is 6. The van der Waals surface area contributed by atoms with Gasteiger partial charge in [-0.25, -0.2) is 9.67 Å². The van der Waals surface area contributed by atoms with E-state index >= 15 is 0 Å². The van der Waals surface area contributed by atoms with Gasteiger partial charge >= 0.3 is 0 Å². The Morgan fingerprint density at radius 2 is 2.04 bits per heavy atom. The molecule has 0 radical (unpaired) electrons. The number of nitrogens with one attached hydrogen (secondary N) is 1. The third-order valence-corrected chi connectivity index (χ3v) is 3.60. The van der Waals surface area contributed by atoms with Crippen LogP contribution in [0.25, 0.3) is 11.4 Å². The second-order valence-electron chi connectivity index (χ2n) is 5.08. The Balaban J connectivity index is 1.56. The van der Waals surface area contributed by atoms with Gasteiger partial charge in [0.15, 0.2) is 5.82 Å². The van der Waals surface area contributed by atoms with Crippen molar-refractivity contribution in [2.24, 2.45) is 0 Å². The molecule has 0 unspecified atom stereocenters. The van der Waals surface area contributed by atoms with E-state index in [0.29, 0.717) is 17.4 Å². The number of anilines is 1. The largest absolute Gasteiger partial charge is 0.497 e. The Morgan fingerprint density at radius 1 is 1.21 bits per heavy atom. The van der Waals surface area contributed by atoms with E-state index in [2.05, 4.69) is 15.4 Å². The molecule has 2 aromatic carbocycles. The normalized spacial score (nSPS) is 10.9. The van der Waals surface area contributed by atoms with Gasteiger partial charge in [-0.1, -0.05) is 23.7 Å². The highest BCUT2D eigenvalue weighted by Crippen LogP contribution is 2.19. The number of aromatic nitrogens is 3. The maximum Gasteiger partial charge on any atom is 0.181 e. The third kappa shape index (κ3) is 4.14. The average molecular weight is 341 g/mol. The summed E-state index contributed by atoms with van der Waals surface area (Å²) in [6.07, 6.45) is 5.55. The molecule has 5 nitrogen and oxygen atoms in total. The molecule has 24 heavy (non-hydrogen) atoms. The van der Waals surface area contributed by atoms with Crippen molar-refractivity contribution in [3.05, 3.63) is 72.2 Å². The molecular formula is C18H17ClN4O. The molecule has 0 amide bonds. The molecule has 3 rings (SSSR count). The molecule has 0 saturated heterocycles. The van der Waals surface area contributed by atoms with Gasteiger partial charge in [0.1, 0.15) is 12.1 Å². The van der Waals surface area contributed by atoms with Gasteiger partial charge in [-0.05, 0) is 48.7 Å². The number of hydrogen-bond donors (Lipinski definition) is 1. The van der Waals surface area contributed by atoms with Crippen molar-refractivity contribution < 1.29 is 4.74 Å². The molecule has 1 heterocycles. The molecule has 0 atom stereocenters. The zero-order valence-electron chi connectivity index (χ0n) is 13.2. The minimum atomic E-state index is 0.622. The van der Waals surface area contributed by atoms with Crippen molar-refractivity contribution in [1.82, 2.24) is 14.8 Å². The maximum atomic E-state index is 5.99. The first-order chi connectivity index (χ1) is 11.7. The summed E-state index contributed by atoms with van der Waals surface area (Å²) in [6.45, 7) is 0.622. The van der Waals surface area contributed by atoms with E-state index in [-0.39, 0.29) is 0 Å². The predicted octanol–water partition coefficient (Wildman–Crippen LogP) is 4.23. The lowest BCUT2D eigenvalue weighted by atomic mass is 10.2. The summed E-state index contributed by atoms with van der Waals surface area (Å²) in [5.41, 5.74) is 1.90. The monoisotopic (exact) mass is 340 g/mol. The first-order valence-corrected chi connectivity index (χ1v) is 7.83. The number of nitrogens with zero attached hydrogens (tertiary/aromatic N) is 3. The van der Waals surface area contributed by atoms with Crippen molar-refractivity contribution in [3.63, 3.8) is 0 Å². The number of hydrogen-bond acceptors (Lipinski definition) is 4. The summed E-state index contributed by atoms with van der Waals surface area (Å²) in [7, 11) is 1.65. The summed E-state index contributed by atoms with van der Waals surface area (Å²) >= 11 is 5.99. The highest BCUT2D eigenvalue weighted by atomic mass is 35.5. The van der Waals surface area contributed by atoms with E-state index in [4.69, 9.17) is 16.3 Å². The fraction of sp³-hybridized carbons (Fsp3) is 0.111. The zero-order chi connectivity index (χ0) is 16.8. The molecule has 0 aliphatic rings. The Morgan fingerprint density at radius 3 is 2.79 bits per heavy atom. The molecule has 0 aliphatic carbocycles. The third-order valence-electron chi connectivity index (χ3n) is 3.37. The van der Waals surface area contributed by atoms with Crippen molar-refractivity contribution in [2.75, 3.05) is 12.4 Å². The topological polar surface area (TPSA) is 52.0 Å². The number of allylic oxidation sites excluding steroid dienone is 1. The number of halogens is 1. The second-order valence-corrected chi connectivity index (χ2v) is 5.51. The van der Waals surface area contributed by atoms with Crippen molar-refractivity contribution in [3.8, 4) is 17.1 Å². The molecular weight excluding hydrogens is 324 g/mol.